The number of rotatable bonds is 7. The van der Waals surface area contributed by atoms with E-state index in [1.54, 1.807) is 23.2 Å². The molecule has 0 saturated heterocycles. The van der Waals surface area contributed by atoms with Crippen LogP contribution >= 0.6 is 0 Å². The van der Waals surface area contributed by atoms with Crippen molar-refractivity contribution in [3.63, 3.8) is 0 Å². The number of hydrogen-bond donors (Lipinski definition) is 0. The molecule has 0 spiro atoms. The predicted molar refractivity (Wildman–Crippen MR) is 102 cm³/mol. The minimum absolute atomic E-state index is 0.0702. The summed E-state index contributed by atoms with van der Waals surface area (Å²) in [6, 6.07) is 22.8. The van der Waals surface area contributed by atoms with Crippen molar-refractivity contribution in [3.8, 4) is 0 Å². The van der Waals surface area contributed by atoms with Gasteiger partial charge in [-0.3, -0.25) is 14.6 Å². The SMILES string of the molecule is O=C(CCC(=O)N(Cc1ccccc1)c1ccccc1)c1cccnc1. The molecule has 0 aliphatic heterocycles. The lowest BCUT2D eigenvalue weighted by Crippen LogP contribution is -2.30. The van der Waals surface area contributed by atoms with E-state index in [4.69, 9.17) is 0 Å². The lowest BCUT2D eigenvalue weighted by atomic mass is 10.1. The lowest BCUT2D eigenvalue weighted by Gasteiger charge is -2.23. The second-order valence-corrected chi connectivity index (χ2v) is 5.97. The van der Waals surface area contributed by atoms with Gasteiger partial charge in [0.05, 0.1) is 6.54 Å². The van der Waals surface area contributed by atoms with Crippen LogP contribution in [0, 0.1) is 0 Å². The molecule has 0 atom stereocenters. The quantitative estimate of drug-likeness (QED) is 0.601. The molecule has 0 saturated carbocycles. The van der Waals surface area contributed by atoms with Gasteiger partial charge in [0.1, 0.15) is 0 Å². The number of carbonyl (C=O) groups excluding carboxylic acids is 2. The van der Waals surface area contributed by atoms with Crippen LogP contribution in [0.2, 0.25) is 0 Å². The predicted octanol–water partition coefficient (Wildman–Crippen LogP) is 4.28. The van der Waals surface area contributed by atoms with Crippen molar-refractivity contribution in [1.29, 1.82) is 0 Å². The van der Waals surface area contributed by atoms with E-state index in [0.717, 1.165) is 11.3 Å². The van der Waals surface area contributed by atoms with Crippen molar-refractivity contribution in [2.75, 3.05) is 4.90 Å². The molecule has 1 heterocycles. The van der Waals surface area contributed by atoms with Gasteiger partial charge in [0.2, 0.25) is 5.91 Å². The van der Waals surface area contributed by atoms with Crippen LogP contribution in [0.5, 0.6) is 0 Å². The summed E-state index contributed by atoms with van der Waals surface area (Å²) in [6.07, 6.45) is 3.49. The number of pyridine rings is 1. The molecule has 26 heavy (non-hydrogen) atoms. The largest absolute Gasteiger partial charge is 0.308 e. The monoisotopic (exact) mass is 344 g/mol. The highest BCUT2D eigenvalue weighted by Crippen LogP contribution is 2.19. The number of carbonyl (C=O) groups is 2. The standard InChI is InChI=1S/C22H20N2O2/c25-21(19-10-7-15-23-16-19)13-14-22(26)24(20-11-5-2-6-12-20)17-18-8-3-1-4-9-18/h1-12,15-16H,13-14,17H2. The molecule has 3 aromatic rings. The van der Waals surface area contributed by atoms with Crippen molar-refractivity contribution < 1.29 is 9.59 Å². The summed E-state index contributed by atoms with van der Waals surface area (Å²) in [5, 5.41) is 0. The first-order valence-corrected chi connectivity index (χ1v) is 8.56. The van der Waals surface area contributed by atoms with E-state index in [0.29, 0.717) is 12.1 Å². The lowest BCUT2D eigenvalue weighted by molar-refractivity contribution is -0.118. The first kappa shape index (κ1) is 17.5. The van der Waals surface area contributed by atoms with Crippen LogP contribution in [-0.2, 0) is 11.3 Å². The normalized spacial score (nSPS) is 10.3. The number of nitrogens with zero attached hydrogens (tertiary/aromatic N) is 2. The maximum absolute atomic E-state index is 12.8. The number of para-hydroxylation sites is 1. The molecule has 1 aromatic heterocycles. The molecule has 0 bridgehead atoms. The van der Waals surface area contributed by atoms with Crippen LogP contribution < -0.4 is 4.90 Å². The van der Waals surface area contributed by atoms with Crippen LogP contribution in [0.3, 0.4) is 0 Å². The van der Waals surface area contributed by atoms with Crippen molar-refractivity contribution in [3.05, 3.63) is 96.3 Å². The van der Waals surface area contributed by atoms with Gasteiger partial charge in [0.15, 0.2) is 5.78 Å². The average Bonchev–Trinajstić information content (AvgIpc) is 2.72. The van der Waals surface area contributed by atoms with E-state index in [9.17, 15) is 9.59 Å². The van der Waals surface area contributed by atoms with Gasteiger partial charge in [-0.2, -0.15) is 0 Å². The first-order valence-electron chi connectivity index (χ1n) is 8.56. The molecule has 0 radical (unpaired) electrons. The maximum Gasteiger partial charge on any atom is 0.227 e. The molecular weight excluding hydrogens is 324 g/mol. The summed E-state index contributed by atoms with van der Waals surface area (Å²) in [7, 11) is 0. The molecule has 0 unspecified atom stereocenters. The Morgan fingerprint density at radius 3 is 2.15 bits per heavy atom. The van der Waals surface area contributed by atoms with E-state index in [-0.39, 0.29) is 24.5 Å². The molecular formula is C22H20N2O2. The number of benzene rings is 2. The Balaban J connectivity index is 1.72. The van der Waals surface area contributed by atoms with E-state index < -0.39 is 0 Å². The zero-order valence-electron chi connectivity index (χ0n) is 14.4. The summed E-state index contributed by atoms with van der Waals surface area (Å²) >= 11 is 0. The minimum Gasteiger partial charge on any atom is -0.308 e. The zero-order valence-corrected chi connectivity index (χ0v) is 14.4. The molecule has 0 aliphatic carbocycles. The van der Waals surface area contributed by atoms with E-state index in [1.807, 2.05) is 60.7 Å². The van der Waals surface area contributed by atoms with Gasteiger partial charge in [-0.1, -0.05) is 48.5 Å². The summed E-state index contributed by atoms with van der Waals surface area (Å²) in [6.45, 7) is 0.477. The summed E-state index contributed by atoms with van der Waals surface area (Å²) in [5.41, 5.74) is 2.41. The molecule has 0 fully saturated rings. The molecule has 4 nitrogen and oxygen atoms in total. The van der Waals surface area contributed by atoms with Crippen molar-refractivity contribution in [2.45, 2.75) is 19.4 Å². The molecule has 0 aliphatic rings. The highest BCUT2D eigenvalue weighted by atomic mass is 16.2. The number of anilines is 1. The van der Waals surface area contributed by atoms with Crippen LogP contribution in [0.1, 0.15) is 28.8 Å². The van der Waals surface area contributed by atoms with Gasteiger partial charge in [-0.05, 0) is 29.8 Å². The van der Waals surface area contributed by atoms with Gasteiger partial charge in [0, 0.05) is 36.5 Å². The Kier molecular flexibility index (Phi) is 5.88. The topological polar surface area (TPSA) is 50.3 Å². The second-order valence-electron chi connectivity index (χ2n) is 5.97. The highest BCUT2D eigenvalue weighted by Gasteiger charge is 2.18. The van der Waals surface area contributed by atoms with Crippen LogP contribution in [-0.4, -0.2) is 16.7 Å². The Labute approximate surface area is 153 Å². The molecule has 3 rings (SSSR count). The van der Waals surface area contributed by atoms with E-state index in [2.05, 4.69) is 4.98 Å². The maximum atomic E-state index is 12.8. The summed E-state index contributed by atoms with van der Waals surface area (Å²) < 4.78 is 0. The number of amides is 1. The van der Waals surface area contributed by atoms with Gasteiger partial charge in [0.25, 0.3) is 0 Å². The number of hydrogen-bond acceptors (Lipinski definition) is 3. The first-order chi connectivity index (χ1) is 12.7. The fourth-order valence-corrected chi connectivity index (χ4v) is 2.72. The average molecular weight is 344 g/mol. The summed E-state index contributed by atoms with van der Waals surface area (Å²) in [5.74, 6) is -0.142. The van der Waals surface area contributed by atoms with Crippen LogP contribution in [0.4, 0.5) is 5.69 Å². The third-order valence-electron chi connectivity index (χ3n) is 4.10. The molecule has 4 heteroatoms. The van der Waals surface area contributed by atoms with Crippen molar-refractivity contribution in [1.82, 2.24) is 4.98 Å². The van der Waals surface area contributed by atoms with Crippen molar-refractivity contribution in [2.24, 2.45) is 0 Å². The Bertz CT molecular complexity index is 849. The number of ketones is 1. The van der Waals surface area contributed by atoms with Crippen molar-refractivity contribution >= 4 is 17.4 Å². The fourth-order valence-electron chi connectivity index (χ4n) is 2.72. The molecule has 1 amide bonds. The van der Waals surface area contributed by atoms with Gasteiger partial charge >= 0.3 is 0 Å². The zero-order chi connectivity index (χ0) is 18.2. The van der Waals surface area contributed by atoms with Crippen LogP contribution in [0.25, 0.3) is 0 Å². The third kappa shape index (κ3) is 4.63. The highest BCUT2D eigenvalue weighted by molar-refractivity contribution is 6.00. The van der Waals surface area contributed by atoms with Gasteiger partial charge in [-0.25, -0.2) is 0 Å². The third-order valence-corrected chi connectivity index (χ3v) is 4.10. The Hall–Kier alpha value is -3.27. The number of Topliss-reactive ketones (excluding diaryl/α,β-unsaturated/α-hetero) is 1. The Morgan fingerprint density at radius 1 is 0.808 bits per heavy atom. The van der Waals surface area contributed by atoms with Crippen LogP contribution in [0.15, 0.2) is 85.2 Å². The summed E-state index contributed by atoms with van der Waals surface area (Å²) in [4.78, 5) is 30.8. The molecule has 130 valence electrons. The molecule has 0 N–H and O–H groups in total. The molecule has 2 aromatic carbocycles. The van der Waals surface area contributed by atoms with Gasteiger partial charge in [-0.15, -0.1) is 0 Å². The fraction of sp³-hybridized carbons (Fsp3) is 0.136. The minimum atomic E-state index is -0.0720. The van der Waals surface area contributed by atoms with Gasteiger partial charge < -0.3 is 4.90 Å². The van der Waals surface area contributed by atoms with E-state index in [1.165, 1.54) is 6.20 Å². The van der Waals surface area contributed by atoms with E-state index >= 15 is 0 Å². The number of aromatic nitrogens is 1. The Morgan fingerprint density at radius 2 is 1.50 bits per heavy atom. The smallest absolute Gasteiger partial charge is 0.227 e. The second kappa shape index (κ2) is 8.72.